The number of nitrogens with zero attached hydrogens (tertiary/aromatic N) is 2. The minimum absolute atomic E-state index is 0.118. The Labute approximate surface area is 172 Å². The highest BCUT2D eigenvalue weighted by atomic mass is 16.5. The van der Waals surface area contributed by atoms with E-state index in [4.69, 9.17) is 4.74 Å². The number of urea groups is 1. The summed E-state index contributed by atoms with van der Waals surface area (Å²) in [6.45, 7) is 7.58. The highest BCUT2D eigenvalue weighted by Gasteiger charge is 2.52. The molecule has 7 nitrogen and oxygen atoms in total. The van der Waals surface area contributed by atoms with Crippen LogP contribution >= 0.6 is 0 Å². The Morgan fingerprint density at radius 2 is 1.90 bits per heavy atom. The first-order valence-corrected chi connectivity index (χ1v) is 10.4. The van der Waals surface area contributed by atoms with Crippen molar-refractivity contribution in [3.8, 4) is 5.75 Å². The third kappa shape index (κ3) is 3.58. The number of amides is 4. The molecule has 1 aromatic carbocycles. The van der Waals surface area contributed by atoms with E-state index in [0.29, 0.717) is 12.0 Å². The Kier molecular flexibility index (Phi) is 5.87. The minimum Gasteiger partial charge on any atom is -0.496 e. The Balaban J connectivity index is 1.86. The van der Waals surface area contributed by atoms with Gasteiger partial charge in [0.15, 0.2) is 0 Å². The molecule has 2 heterocycles. The van der Waals surface area contributed by atoms with Crippen molar-refractivity contribution in [2.24, 2.45) is 0 Å². The molecule has 0 radical (unpaired) electrons. The van der Waals surface area contributed by atoms with E-state index < -0.39 is 11.6 Å². The first kappa shape index (κ1) is 21.1. The number of methoxy groups -OCH3 is 1. The number of carbonyl (C=O) groups excluding carboxylic acids is 3. The number of ether oxygens (including phenoxy) is 1. The Hall–Kier alpha value is -2.57. The maximum absolute atomic E-state index is 13.4. The average molecular weight is 402 g/mol. The van der Waals surface area contributed by atoms with Crippen molar-refractivity contribution in [2.75, 3.05) is 13.7 Å². The van der Waals surface area contributed by atoms with E-state index >= 15 is 0 Å². The smallest absolute Gasteiger partial charge is 0.325 e. The predicted octanol–water partition coefficient (Wildman–Crippen LogP) is 2.95. The van der Waals surface area contributed by atoms with E-state index in [1.165, 1.54) is 0 Å². The monoisotopic (exact) mass is 401 g/mol. The lowest BCUT2D eigenvalue weighted by Crippen LogP contribution is -2.52. The number of aryl methyl sites for hydroxylation is 1. The molecule has 0 aliphatic carbocycles. The third-order valence-corrected chi connectivity index (χ3v) is 6.37. The third-order valence-electron chi connectivity index (χ3n) is 6.37. The van der Waals surface area contributed by atoms with Crippen LogP contribution in [0.25, 0.3) is 0 Å². The molecule has 4 amide bonds. The number of likely N-dealkylation sites (tertiary alicyclic amines) is 1. The van der Waals surface area contributed by atoms with Gasteiger partial charge in [-0.2, -0.15) is 0 Å². The Morgan fingerprint density at radius 1 is 1.24 bits per heavy atom. The van der Waals surface area contributed by atoms with Crippen molar-refractivity contribution < 1.29 is 19.1 Å². The molecule has 7 heteroatoms. The van der Waals surface area contributed by atoms with Crippen molar-refractivity contribution in [3.05, 3.63) is 29.3 Å². The fraction of sp³-hybridized carbons (Fsp3) is 0.591. The summed E-state index contributed by atoms with van der Waals surface area (Å²) < 4.78 is 5.31. The normalized spacial score (nSPS) is 27.2. The average Bonchev–Trinajstić information content (AvgIpc) is 2.93. The number of benzene rings is 1. The number of hydrogen-bond acceptors (Lipinski definition) is 4. The zero-order valence-electron chi connectivity index (χ0n) is 17.9. The van der Waals surface area contributed by atoms with Crippen LogP contribution in [0.15, 0.2) is 18.2 Å². The number of imide groups is 1. The number of hydrogen-bond donors (Lipinski definition) is 1. The molecular formula is C22H31N3O4. The Morgan fingerprint density at radius 3 is 2.45 bits per heavy atom. The lowest BCUT2D eigenvalue weighted by molar-refractivity contribution is -0.143. The molecule has 0 saturated carbocycles. The maximum atomic E-state index is 13.4. The van der Waals surface area contributed by atoms with Gasteiger partial charge in [0.25, 0.3) is 5.91 Å². The van der Waals surface area contributed by atoms with Gasteiger partial charge in [0, 0.05) is 12.1 Å². The van der Waals surface area contributed by atoms with Gasteiger partial charge >= 0.3 is 6.03 Å². The van der Waals surface area contributed by atoms with Crippen LogP contribution in [0.2, 0.25) is 0 Å². The van der Waals surface area contributed by atoms with Crippen molar-refractivity contribution in [2.45, 2.75) is 71.0 Å². The largest absolute Gasteiger partial charge is 0.496 e. The zero-order chi connectivity index (χ0) is 21.3. The first-order valence-electron chi connectivity index (χ1n) is 10.4. The molecule has 158 valence electrons. The van der Waals surface area contributed by atoms with Gasteiger partial charge in [0.2, 0.25) is 5.91 Å². The van der Waals surface area contributed by atoms with Crippen LogP contribution in [-0.4, -0.2) is 53.4 Å². The van der Waals surface area contributed by atoms with E-state index in [9.17, 15) is 14.4 Å². The molecule has 3 atom stereocenters. The minimum atomic E-state index is -1.16. The molecule has 2 saturated heterocycles. The topological polar surface area (TPSA) is 79.0 Å². The highest BCUT2D eigenvalue weighted by Crippen LogP contribution is 2.35. The van der Waals surface area contributed by atoms with Crippen molar-refractivity contribution in [1.29, 1.82) is 0 Å². The van der Waals surface area contributed by atoms with Crippen molar-refractivity contribution in [1.82, 2.24) is 15.1 Å². The molecule has 29 heavy (non-hydrogen) atoms. The van der Waals surface area contributed by atoms with Crippen LogP contribution in [-0.2, 0) is 15.1 Å². The molecule has 3 unspecified atom stereocenters. The van der Waals surface area contributed by atoms with Crippen LogP contribution in [0.1, 0.15) is 57.6 Å². The molecule has 2 fully saturated rings. The lowest BCUT2D eigenvalue weighted by atomic mass is 9.86. The molecule has 3 rings (SSSR count). The second kappa shape index (κ2) is 8.05. The summed E-state index contributed by atoms with van der Waals surface area (Å²) in [7, 11) is 1.59. The maximum Gasteiger partial charge on any atom is 0.325 e. The van der Waals surface area contributed by atoms with Gasteiger partial charge in [0.1, 0.15) is 17.8 Å². The van der Waals surface area contributed by atoms with E-state index in [2.05, 4.69) is 5.32 Å². The van der Waals surface area contributed by atoms with E-state index in [0.717, 1.165) is 35.5 Å². The van der Waals surface area contributed by atoms with Gasteiger partial charge in [-0.15, -0.1) is 0 Å². The van der Waals surface area contributed by atoms with Gasteiger partial charge in [0.05, 0.1) is 7.11 Å². The summed E-state index contributed by atoms with van der Waals surface area (Å²) in [5.74, 6) is 0.170. The van der Waals surface area contributed by atoms with Crippen molar-refractivity contribution in [3.63, 3.8) is 0 Å². The van der Waals surface area contributed by atoms with Gasteiger partial charge in [-0.3, -0.25) is 14.5 Å². The van der Waals surface area contributed by atoms with Crippen molar-refractivity contribution >= 4 is 17.8 Å². The summed E-state index contributed by atoms with van der Waals surface area (Å²) in [5, 5.41) is 2.85. The van der Waals surface area contributed by atoms with Gasteiger partial charge in [-0.05, 0) is 69.7 Å². The Bertz CT molecular complexity index is 814. The molecule has 1 N–H and O–H groups in total. The SMILES string of the molecule is CCC1(c2ccc(OC)c(C)c2)NC(=O)N(CC(=O)N2C(C)CCCC2C)C1=O. The molecule has 0 bridgehead atoms. The fourth-order valence-electron chi connectivity index (χ4n) is 4.68. The van der Waals surface area contributed by atoms with Crippen LogP contribution in [0.3, 0.4) is 0 Å². The summed E-state index contributed by atoms with van der Waals surface area (Å²) in [4.78, 5) is 41.9. The first-order chi connectivity index (χ1) is 13.7. The van der Waals surface area contributed by atoms with E-state index in [1.807, 2.05) is 38.7 Å². The van der Waals surface area contributed by atoms with Crippen LogP contribution in [0.4, 0.5) is 4.79 Å². The van der Waals surface area contributed by atoms with Gasteiger partial charge in [-0.25, -0.2) is 4.79 Å². The summed E-state index contributed by atoms with van der Waals surface area (Å²) >= 11 is 0. The van der Waals surface area contributed by atoms with Crippen LogP contribution < -0.4 is 10.1 Å². The molecule has 1 aromatic rings. The zero-order valence-corrected chi connectivity index (χ0v) is 17.9. The predicted molar refractivity (Wildman–Crippen MR) is 110 cm³/mol. The second-order valence-electron chi connectivity index (χ2n) is 8.19. The summed E-state index contributed by atoms with van der Waals surface area (Å²) in [6, 6.07) is 5.18. The summed E-state index contributed by atoms with van der Waals surface area (Å²) in [5.41, 5.74) is 0.421. The quantitative estimate of drug-likeness (QED) is 0.770. The number of rotatable bonds is 5. The molecule has 2 aliphatic heterocycles. The molecule has 0 spiro atoms. The lowest BCUT2D eigenvalue weighted by Gasteiger charge is -2.39. The fourth-order valence-corrected chi connectivity index (χ4v) is 4.68. The molecule has 2 aliphatic rings. The number of nitrogens with one attached hydrogen (secondary N) is 1. The van der Waals surface area contributed by atoms with Crippen LogP contribution in [0.5, 0.6) is 5.75 Å². The number of piperidine rings is 1. The number of carbonyl (C=O) groups is 3. The second-order valence-corrected chi connectivity index (χ2v) is 8.19. The van der Waals surface area contributed by atoms with Crippen LogP contribution in [0, 0.1) is 6.92 Å². The molecular weight excluding hydrogens is 370 g/mol. The van der Waals surface area contributed by atoms with E-state index in [-0.39, 0.29) is 30.4 Å². The molecule has 0 aromatic heterocycles. The summed E-state index contributed by atoms with van der Waals surface area (Å²) in [6.07, 6.45) is 3.37. The standard InChI is InChI=1S/C22H31N3O4/c1-6-22(17-10-11-18(29-5)14(2)12-17)20(27)24(21(28)23-22)13-19(26)25-15(3)8-7-9-16(25)4/h10-12,15-16H,6-9,13H2,1-5H3,(H,23,28). The van der Waals surface area contributed by atoms with Gasteiger partial charge in [-0.1, -0.05) is 13.0 Å². The van der Waals surface area contributed by atoms with Gasteiger partial charge < -0.3 is 15.0 Å². The van der Waals surface area contributed by atoms with E-state index in [1.54, 1.807) is 19.2 Å². The highest BCUT2D eigenvalue weighted by molar-refractivity contribution is 6.09.